The molecule has 2 aromatic heterocycles. The van der Waals surface area contributed by atoms with E-state index in [-0.39, 0.29) is 5.91 Å². The van der Waals surface area contributed by atoms with Gasteiger partial charge in [-0.1, -0.05) is 11.6 Å². The van der Waals surface area contributed by atoms with Crippen molar-refractivity contribution in [2.45, 2.75) is 33.2 Å². The van der Waals surface area contributed by atoms with Crippen molar-refractivity contribution in [1.82, 2.24) is 9.47 Å². The zero-order valence-corrected chi connectivity index (χ0v) is 12.9. The summed E-state index contributed by atoms with van der Waals surface area (Å²) in [6.07, 6.45) is 4.45. The van der Waals surface area contributed by atoms with Crippen LogP contribution in [-0.2, 0) is 6.54 Å². The summed E-state index contributed by atoms with van der Waals surface area (Å²) in [4.78, 5) is 14.7. The van der Waals surface area contributed by atoms with Crippen molar-refractivity contribution in [3.63, 3.8) is 0 Å². The molecule has 0 aromatic carbocycles. The molecule has 3 heterocycles. The number of rotatable bonds is 3. The van der Waals surface area contributed by atoms with Gasteiger partial charge >= 0.3 is 0 Å². The van der Waals surface area contributed by atoms with Crippen molar-refractivity contribution in [2.75, 3.05) is 13.1 Å². The normalized spacial score (nSPS) is 15.0. The van der Waals surface area contributed by atoms with Crippen LogP contribution in [0.15, 0.2) is 29.2 Å². The van der Waals surface area contributed by atoms with Gasteiger partial charge in [-0.3, -0.25) is 4.79 Å². The van der Waals surface area contributed by atoms with E-state index in [9.17, 15) is 4.79 Å². The Kier molecular flexibility index (Phi) is 3.66. The second-order valence-electron chi connectivity index (χ2n) is 5.59. The van der Waals surface area contributed by atoms with Crippen molar-refractivity contribution in [2.24, 2.45) is 0 Å². The van der Waals surface area contributed by atoms with Gasteiger partial charge in [0.25, 0.3) is 5.91 Å². The van der Waals surface area contributed by atoms with Crippen LogP contribution in [0, 0.1) is 0 Å². The summed E-state index contributed by atoms with van der Waals surface area (Å²) < 4.78 is 3.36. The lowest BCUT2D eigenvalue weighted by molar-refractivity contribution is 0.0783. The van der Waals surface area contributed by atoms with Crippen LogP contribution in [0.5, 0.6) is 0 Å². The molecule has 2 aromatic rings. The first-order valence-corrected chi connectivity index (χ1v) is 8.04. The highest BCUT2D eigenvalue weighted by atomic mass is 32.1. The maximum atomic E-state index is 12.7. The third kappa shape index (κ3) is 2.40. The number of thiophene rings is 1. The van der Waals surface area contributed by atoms with E-state index in [1.165, 1.54) is 15.8 Å². The third-order valence-corrected chi connectivity index (χ3v) is 4.67. The molecule has 0 atom stereocenters. The number of hydrogen-bond acceptors (Lipinski definition) is 2. The summed E-state index contributed by atoms with van der Waals surface area (Å²) in [5.41, 5.74) is 3.29. The number of carbonyl (C=O) groups is 1. The van der Waals surface area contributed by atoms with E-state index in [0.29, 0.717) is 0 Å². The largest absolute Gasteiger partial charge is 0.337 e. The standard InChI is InChI=1S/C16H20N2OS/c1-12(2)5-9-18-13-6-10-20-15(13)11-14(18)16(19)17-7-3-4-8-17/h5-6,10-11H,3-4,7-9H2,1-2H3. The Bertz CT molecular complexity index is 655. The quantitative estimate of drug-likeness (QED) is 0.786. The summed E-state index contributed by atoms with van der Waals surface area (Å²) >= 11 is 1.70. The Labute approximate surface area is 123 Å². The molecular weight excluding hydrogens is 268 g/mol. The topological polar surface area (TPSA) is 25.2 Å². The summed E-state index contributed by atoms with van der Waals surface area (Å²) in [6.45, 7) is 6.77. The molecule has 0 N–H and O–H groups in total. The molecule has 106 valence electrons. The Morgan fingerprint density at radius 2 is 2.10 bits per heavy atom. The number of carbonyl (C=O) groups excluding carboxylic acids is 1. The van der Waals surface area contributed by atoms with Crippen molar-refractivity contribution < 1.29 is 4.79 Å². The predicted molar refractivity (Wildman–Crippen MR) is 84.4 cm³/mol. The van der Waals surface area contributed by atoms with Crippen LogP contribution in [0.3, 0.4) is 0 Å². The zero-order valence-electron chi connectivity index (χ0n) is 12.1. The van der Waals surface area contributed by atoms with E-state index in [1.54, 1.807) is 11.3 Å². The molecule has 3 rings (SSSR count). The molecule has 1 saturated heterocycles. The summed E-state index contributed by atoms with van der Waals surface area (Å²) in [5.74, 6) is 0.188. The van der Waals surface area contributed by atoms with Gasteiger partial charge in [0.15, 0.2) is 0 Å². The minimum atomic E-state index is 0.188. The molecule has 1 amide bonds. The maximum Gasteiger partial charge on any atom is 0.270 e. The molecule has 1 aliphatic rings. The van der Waals surface area contributed by atoms with Crippen LogP contribution < -0.4 is 0 Å². The van der Waals surface area contributed by atoms with Crippen LogP contribution in [0.25, 0.3) is 10.2 Å². The first kappa shape index (κ1) is 13.4. The van der Waals surface area contributed by atoms with E-state index in [0.717, 1.165) is 38.2 Å². The van der Waals surface area contributed by atoms with Crippen LogP contribution >= 0.6 is 11.3 Å². The number of allylic oxidation sites excluding steroid dienone is 2. The van der Waals surface area contributed by atoms with Gasteiger partial charge in [0.1, 0.15) is 5.69 Å². The zero-order chi connectivity index (χ0) is 14.1. The molecule has 20 heavy (non-hydrogen) atoms. The molecule has 0 saturated carbocycles. The molecule has 0 aliphatic carbocycles. The molecule has 4 heteroatoms. The number of fused-ring (bicyclic) bond motifs is 1. The predicted octanol–water partition coefficient (Wildman–Crippen LogP) is 3.91. The average Bonchev–Trinajstić information content (AvgIpc) is 3.12. The minimum absolute atomic E-state index is 0.188. The van der Waals surface area contributed by atoms with E-state index in [4.69, 9.17) is 0 Å². The first-order chi connectivity index (χ1) is 9.66. The highest BCUT2D eigenvalue weighted by Gasteiger charge is 2.23. The Balaban J connectivity index is 2.00. The highest BCUT2D eigenvalue weighted by Crippen LogP contribution is 2.27. The van der Waals surface area contributed by atoms with E-state index in [1.807, 2.05) is 4.90 Å². The minimum Gasteiger partial charge on any atom is -0.337 e. The first-order valence-electron chi connectivity index (χ1n) is 7.16. The SMILES string of the molecule is CC(C)=CCn1c(C(=O)N2CCCC2)cc2sccc21. The van der Waals surface area contributed by atoms with Crippen molar-refractivity contribution in [1.29, 1.82) is 0 Å². The van der Waals surface area contributed by atoms with E-state index < -0.39 is 0 Å². The Hall–Kier alpha value is -1.55. The molecule has 1 aliphatic heterocycles. The molecule has 0 radical (unpaired) electrons. The number of nitrogens with zero attached hydrogens (tertiary/aromatic N) is 2. The van der Waals surface area contributed by atoms with Gasteiger partial charge in [0.05, 0.1) is 10.2 Å². The molecule has 0 bridgehead atoms. The van der Waals surface area contributed by atoms with Gasteiger partial charge in [-0.2, -0.15) is 0 Å². The van der Waals surface area contributed by atoms with Crippen molar-refractivity contribution in [3.8, 4) is 0 Å². The van der Waals surface area contributed by atoms with Gasteiger partial charge in [-0.25, -0.2) is 0 Å². The van der Waals surface area contributed by atoms with Gasteiger partial charge in [0, 0.05) is 19.6 Å². The number of hydrogen-bond donors (Lipinski definition) is 0. The van der Waals surface area contributed by atoms with Gasteiger partial charge in [-0.05, 0) is 44.2 Å². The molecule has 0 unspecified atom stereocenters. The van der Waals surface area contributed by atoms with Gasteiger partial charge in [-0.15, -0.1) is 11.3 Å². The average molecular weight is 288 g/mol. The van der Waals surface area contributed by atoms with Gasteiger partial charge < -0.3 is 9.47 Å². The fourth-order valence-electron chi connectivity index (χ4n) is 2.71. The van der Waals surface area contributed by atoms with Crippen LogP contribution in [0.4, 0.5) is 0 Å². The molecule has 3 nitrogen and oxygen atoms in total. The fourth-order valence-corrected chi connectivity index (χ4v) is 3.53. The van der Waals surface area contributed by atoms with Crippen LogP contribution in [-0.4, -0.2) is 28.5 Å². The summed E-state index contributed by atoms with van der Waals surface area (Å²) in [6, 6.07) is 4.17. The second-order valence-corrected chi connectivity index (χ2v) is 6.54. The number of aromatic nitrogens is 1. The molecule has 1 fully saturated rings. The van der Waals surface area contributed by atoms with Crippen molar-refractivity contribution in [3.05, 3.63) is 34.9 Å². The van der Waals surface area contributed by atoms with Crippen molar-refractivity contribution >= 4 is 27.5 Å². The second kappa shape index (κ2) is 5.44. The van der Waals surface area contributed by atoms with Crippen LogP contribution in [0.1, 0.15) is 37.2 Å². The summed E-state index contributed by atoms with van der Waals surface area (Å²) in [7, 11) is 0. The number of amides is 1. The highest BCUT2D eigenvalue weighted by molar-refractivity contribution is 7.17. The summed E-state index contributed by atoms with van der Waals surface area (Å²) in [5, 5.41) is 2.09. The Morgan fingerprint density at radius 1 is 1.35 bits per heavy atom. The van der Waals surface area contributed by atoms with E-state index in [2.05, 4.69) is 42.0 Å². The lowest BCUT2D eigenvalue weighted by Gasteiger charge is -2.16. The molecular formula is C16H20N2OS. The smallest absolute Gasteiger partial charge is 0.270 e. The third-order valence-electron chi connectivity index (χ3n) is 3.82. The molecule has 0 spiro atoms. The van der Waals surface area contributed by atoms with Gasteiger partial charge in [0.2, 0.25) is 0 Å². The lowest BCUT2D eigenvalue weighted by Crippen LogP contribution is -2.29. The maximum absolute atomic E-state index is 12.7. The van der Waals surface area contributed by atoms with E-state index >= 15 is 0 Å². The fraction of sp³-hybridized carbons (Fsp3) is 0.438. The van der Waals surface area contributed by atoms with Crippen LogP contribution in [0.2, 0.25) is 0 Å². The Morgan fingerprint density at radius 3 is 2.80 bits per heavy atom. The number of likely N-dealkylation sites (tertiary alicyclic amines) is 1. The monoisotopic (exact) mass is 288 g/mol. The lowest BCUT2D eigenvalue weighted by atomic mass is 10.3.